The number of benzene rings is 1. The predicted octanol–water partition coefficient (Wildman–Crippen LogP) is 2.17. The predicted molar refractivity (Wildman–Crippen MR) is 80.0 cm³/mol. The van der Waals surface area contributed by atoms with Crippen LogP contribution >= 0.6 is 0 Å². The molecule has 1 amide bonds. The monoisotopic (exact) mass is 279 g/mol. The number of carbonyl (C=O) groups is 1. The zero-order chi connectivity index (χ0) is 15.1. The Hall–Kier alpha value is -1.55. The minimum absolute atomic E-state index is 0.0827. The molecular weight excluding hydrogens is 254 g/mol. The Kier molecular flexibility index (Phi) is 6.52. The number of carbonyl (C=O) groups excluding carboxylic acids is 1. The summed E-state index contributed by atoms with van der Waals surface area (Å²) in [6, 6.07) is 5.98. The van der Waals surface area contributed by atoms with Crippen molar-refractivity contribution in [2.45, 2.75) is 39.7 Å². The summed E-state index contributed by atoms with van der Waals surface area (Å²) in [6.45, 7) is 6.66. The first-order valence-electron chi connectivity index (χ1n) is 7.03. The van der Waals surface area contributed by atoms with Crippen LogP contribution in [0.25, 0.3) is 0 Å². The van der Waals surface area contributed by atoms with Crippen molar-refractivity contribution < 1.29 is 14.6 Å². The fourth-order valence-electron chi connectivity index (χ4n) is 2.16. The molecule has 0 saturated carbocycles. The van der Waals surface area contributed by atoms with Crippen molar-refractivity contribution in [1.29, 1.82) is 0 Å². The van der Waals surface area contributed by atoms with E-state index in [-0.39, 0.29) is 18.6 Å². The lowest BCUT2D eigenvalue weighted by Gasteiger charge is -2.26. The van der Waals surface area contributed by atoms with E-state index in [1.165, 1.54) is 0 Å². The Balaban J connectivity index is 2.77. The molecule has 1 aromatic rings. The van der Waals surface area contributed by atoms with Crippen LogP contribution in [-0.4, -0.2) is 42.2 Å². The van der Waals surface area contributed by atoms with E-state index < -0.39 is 0 Å². The Morgan fingerprint density at radius 3 is 2.65 bits per heavy atom. The van der Waals surface area contributed by atoms with E-state index in [9.17, 15) is 4.79 Å². The molecule has 0 bridgehead atoms. The van der Waals surface area contributed by atoms with Gasteiger partial charge in [-0.05, 0) is 44.4 Å². The summed E-state index contributed by atoms with van der Waals surface area (Å²) >= 11 is 0. The molecule has 20 heavy (non-hydrogen) atoms. The van der Waals surface area contributed by atoms with Crippen LogP contribution in [0.15, 0.2) is 18.2 Å². The number of aryl methyl sites for hydroxylation is 1. The van der Waals surface area contributed by atoms with Crippen LogP contribution in [0.5, 0.6) is 5.75 Å². The Morgan fingerprint density at radius 2 is 2.10 bits per heavy atom. The van der Waals surface area contributed by atoms with Gasteiger partial charge in [-0.1, -0.05) is 12.1 Å². The zero-order valence-corrected chi connectivity index (χ0v) is 12.8. The van der Waals surface area contributed by atoms with E-state index >= 15 is 0 Å². The van der Waals surface area contributed by atoms with Gasteiger partial charge in [-0.3, -0.25) is 4.79 Å². The molecule has 0 aliphatic carbocycles. The van der Waals surface area contributed by atoms with Crippen LogP contribution in [0.1, 0.15) is 31.4 Å². The Morgan fingerprint density at radius 1 is 1.40 bits per heavy atom. The second-order valence-corrected chi connectivity index (χ2v) is 5.24. The van der Waals surface area contributed by atoms with Gasteiger partial charge in [-0.25, -0.2) is 0 Å². The summed E-state index contributed by atoms with van der Waals surface area (Å²) in [4.78, 5) is 14.2. The Labute approximate surface area is 121 Å². The third-order valence-electron chi connectivity index (χ3n) is 3.33. The van der Waals surface area contributed by atoms with Gasteiger partial charge in [0.15, 0.2) is 0 Å². The highest BCUT2D eigenvalue weighted by Crippen LogP contribution is 2.20. The highest BCUT2D eigenvalue weighted by Gasteiger charge is 2.17. The van der Waals surface area contributed by atoms with Crippen molar-refractivity contribution in [3.63, 3.8) is 0 Å². The molecule has 4 heteroatoms. The molecule has 0 aliphatic heterocycles. The van der Waals surface area contributed by atoms with Crippen LogP contribution in [0.3, 0.4) is 0 Å². The third kappa shape index (κ3) is 4.53. The van der Waals surface area contributed by atoms with Gasteiger partial charge in [0.2, 0.25) is 5.91 Å². The third-order valence-corrected chi connectivity index (χ3v) is 3.33. The fraction of sp³-hybridized carbons (Fsp3) is 0.562. The fourth-order valence-corrected chi connectivity index (χ4v) is 2.16. The van der Waals surface area contributed by atoms with Gasteiger partial charge in [-0.15, -0.1) is 0 Å². The topological polar surface area (TPSA) is 49.8 Å². The lowest BCUT2D eigenvalue weighted by atomic mass is 10.1. The lowest BCUT2D eigenvalue weighted by molar-refractivity contribution is -0.132. The summed E-state index contributed by atoms with van der Waals surface area (Å²) < 4.78 is 5.28. The number of nitrogens with zero attached hydrogens (tertiary/aromatic N) is 1. The Bertz CT molecular complexity index is 443. The number of rotatable bonds is 7. The molecule has 0 atom stereocenters. The van der Waals surface area contributed by atoms with Gasteiger partial charge >= 0.3 is 0 Å². The maximum absolute atomic E-state index is 12.3. The first-order chi connectivity index (χ1) is 9.49. The van der Waals surface area contributed by atoms with E-state index in [4.69, 9.17) is 9.84 Å². The van der Waals surface area contributed by atoms with Gasteiger partial charge in [0.1, 0.15) is 5.75 Å². The van der Waals surface area contributed by atoms with Crippen molar-refractivity contribution >= 4 is 5.91 Å². The zero-order valence-electron chi connectivity index (χ0n) is 12.8. The van der Waals surface area contributed by atoms with Crippen molar-refractivity contribution in [3.8, 4) is 5.75 Å². The molecule has 0 radical (unpaired) electrons. The van der Waals surface area contributed by atoms with Gasteiger partial charge in [-0.2, -0.15) is 0 Å². The molecule has 0 aliphatic rings. The second kappa shape index (κ2) is 7.90. The van der Waals surface area contributed by atoms with Crippen molar-refractivity contribution in [2.24, 2.45) is 0 Å². The molecule has 0 saturated heterocycles. The lowest BCUT2D eigenvalue weighted by Crippen LogP contribution is -2.39. The highest BCUT2D eigenvalue weighted by molar-refractivity contribution is 5.79. The standard InChI is InChI=1S/C16H25NO3/c1-12(2)17(8-5-9-18)16(19)11-14-7-6-13(3)15(10-14)20-4/h6-7,10,12,18H,5,8-9,11H2,1-4H3. The van der Waals surface area contributed by atoms with E-state index in [1.807, 2.05) is 43.9 Å². The normalized spacial score (nSPS) is 10.7. The first kappa shape index (κ1) is 16.5. The van der Waals surface area contributed by atoms with E-state index in [2.05, 4.69) is 0 Å². The summed E-state index contributed by atoms with van der Waals surface area (Å²) in [5, 5.41) is 8.91. The molecule has 1 rings (SSSR count). The summed E-state index contributed by atoms with van der Waals surface area (Å²) in [6.07, 6.45) is 0.974. The number of aliphatic hydroxyl groups excluding tert-OH is 1. The van der Waals surface area contributed by atoms with Crippen LogP contribution < -0.4 is 4.74 Å². The maximum Gasteiger partial charge on any atom is 0.227 e. The van der Waals surface area contributed by atoms with Gasteiger partial charge < -0.3 is 14.7 Å². The quantitative estimate of drug-likeness (QED) is 0.832. The molecule has 0 spiro atoms. The average Bonchev–Trinajstić information content (AvgIpc) is 2.41. The van der Waals surface area contributed by atoms with E-state index in [0.29, 0.717) is 19.4 Å². The number of methoxy groups -OCH3 is 1. The second-order valence-electron chi connectivity index (χ2n) is 5.24. The summed E-state index contributed by atoms with van der Waals surface area (Å²) in [7, 11) is 1.63. The first-order valence-corrected chi connectivity index (χ1v) is 7.03. The number of hydrogen-bond donors (Lipinski definition) is 1. The van der Waals surface area contributed by atoms with Crippen molar-refractivity contribution in [3.05, 3.63) is 29.3 Å². The minimum Gasteiger partial charge on any atom is -0.496 e. The molecular formula is C16H25NO3. The molecule has 1 aromatic carbocycles. The largest absolute Gasteiger partial charge is 0.496 e. The van der Waals surface area contributed by atoms with E-state index in [1.54, 1.807) is 7.11 Å². The molecule has 0 aromatic heterocycles. The summed E-state index contributed by atoms with van der Waals surface area (Å²) in [5.74, 6) is 0.890. The molecule has 4 nitrogen and oxygen atoms in total. The van der Waals surface area contributed by atoms with Crippen LogP contribution in [0, 0.1) is 6.92 Å². The van der Waals surface area contributed by atoms with Crippen LogP contribution in [-0.2, 0) is 11.2 Å². The van der Waals surface area contributed by atoms with Gasteiger partial charge in [0.25, 0.3) is 0 Å². The van der Waals surface area contributed by atoms with E-state index in [0.717, 1.165) is 16.9 Å². The SMILES string of the molecule is COc1cc(CC(=O)N(CCCO)C(C)C)ccc1C. The van der Waals surface area contributed by atoms with Gasteiger partial charge in [0.05, 0.1) is 13.5 Å². The molecule has 1 N–H and O–H groups in total. The number of hydrogen-bond acceptors (Lipinski definition) is 3. The van der Waals surface area contributed by atoms with Crippen LogP contribution in [0.4, 0.5) is 0 Å². The van der Waals surface area contributed by atoms with Crippen molar-refractivity contribution in [2.75, 3.05) is 20.3 Å². The number of amides is 1. The van der Waals surface area contributed by atoms with Crippen molar-refractivity contribution in [1.82, 2.24) is 4.90 Å². The smallest absolute Gasteiger partial charge is 0.227 e. The molecule has 112 valence electrons. The molecule has 0 heterocycles. The minimum atomic E-state index is 0.0827. The average molecular weight is 279 g/mol. The number of ether oxygens (including phenoxy) is 1. The number of aliphatic hydroxyl groups is 1. The summed E-state index contributed by atoms with van der Waals surface area (Å²) in [5.41, 5.74) is 2.01. The molecule has 0 fully saturated rings. The highest BCUT2D eigenvalue weighted by atomic mass is 16.5. The molecule has 0 unspecified atom stereocenters. The van der Waals surface area contributed by atoms with Crippen LogP contribution in [0.2, 0.25) is 0 Å². The maximum atomic E-state index is 12.3. The van der Waals surface area contributed by atoms with Gasteiger partial charge in [0, 0.05) is 19.2 Å².